The molecule has 1 N–H and O–H groups in total. The minimum Gasteiger partial charge on any atom is -0.379 e. The summed E-state index contributed by atoms with van der Waals surface area (Å²) in [4.78, 5) is 0. The summed E-state index contributed by atoms with van der Waals surface area (Å²) in [5, 5.41) is 3.47. The molecule has 0 heterocycles. The molecule has 3 nitrogen and oxygen atoms in total. The van der Waals surface area contributed by atoms with Crippen molar-refractivity contribution in [3.63, 3.8) is 0 Å². The van der Waals surface area contributed by atoms with Crippen LogP contribution in [0.4, 0.5) is 0 Å². The lowest BCUT2D eigenvalue weighted by molar-refractivity contribution is -0.00491. The maximum atomic E-state index is 5.65. The summed E-state index contributed by atoms with van der Waals surface area (Å²) in [5.74, 6) is 0. The topological polar surface area (TPSA) is 30.5 Å². The van der Waals surface area contributed by atoms with Gasteiger partial charge in [-0.1, -0.05) is 6.92 Å². The van der Waals surface area contributed by atoms with Crippen LogP contribution in [0.5, 0.6) is 0 Å². The second-order valence-electron chi connectivity index (χ2n) is 4.34. The lowest BCUT2D eigenvalue weighted by Crippen LogP contribution is -2.27. The Hall–Kier alpha value is -0.120. The van der Waals surface area contributed by atoms with Crippen LogP contribution in [0.15, 0.2) is 0 Å². The van der Waals surface area contributed by atoms with Gasteiger partial charge in [0.1, 0.15) is 0 Å². The fourth-order valence-corrected chi connectivity index (χ4v) is 1.50. The molecule has 98 valence electrons. The minimum atomic E-state index is 0.221. The van der Waals surface area contributed by atoms with Crippen molar-refractivity contribution in [3.8, 4) is 0 Å². The Morgan fingerprint density at radius 3 is 2.56 bits per heavy atom. The molecule has 0 aliphatic carbocycles. The highest BCUT2D eigenvalue weighted by molar-refractivity contribution is 4.59. The summed E-state index contributed by atoms with van der Waals surface area (Å²) >= 11 is 0. The largest absolute Gasteiger partial charge is 0.379 e. The first-order chi connectivity index (χ1) is 7.70. The van der Waals surface area contributed by atoms with Crippen LogP contribution in [0.2, 0.25) is 0 Å². The highest BCUT2D eigenvalue weighted by Crippen LogP contribution is 2.00. The molecular weight excluding hydrogens is 202 g/mol. The highest BCUT2D eigenvalue weighted by Gasteiger charge is 2.03. The predicted octanol–water partition coefficient (Wildman–Crippen LogP) is 2.60. The van der Waals surface area contributed by atoms with E-state index in [9.17, 15) is 0 Å². The molecule has 0 rings (SSSR count). The number of ether oxygens (including phenoxy) is 2. The van der Waals surface area contributed by atoms with Gasteiger partial charge in [-0.25, -0.2) is 0 Å². The summed E-state index contributed by atoms with van der Waals surface area (Å²) in [6.07, 6.45) is 3.72. The van der Waals surface area contributed by atoms with E-state index in [4.69, 9.17) is 9.47 Å². The first-order valence-electron chi connectivity index (χ1n) is 6.63. The zero-order valence-electron chi connectivity index (χ0n) is 11.4. The lowest BCUT2D eigenvalue weighted by Gasteiger charge is -2.15. The minimum absolute atomic E-state index is 0.221. The molecule has 2 unspecified atom stereocenters. The van der Waals surface area contributed by atoms with Crippen molar-refractivity contribution in [2.45, 2.75) is 59.1 Å². The van der Waals surface area contributed by atoms with Crippen LogP contribution in [0, 0.1) is 0 Å². The average molecular weight is 231 g/mol. The summed E-state index contributed by atoms with van der Waals surface area (Å²) in [6, 6.07) is 0.603. The van der Waals surface area contributed by atoms with Gasteiger partial charge in [0.05, 0.1) is 12.7 Å². The fourth-order valence-electron chi connectivity index (χ4n) is 1.50. The van der Waals surface area contributed by atoms with E-state index in [-0.39, 0.29) is 6.10 Å². The molecule has 0 amide bonds. The van der Waals surface area contributed by atoms with Crippen LogP contribution in [0.1, 0.15) is 47.0 Å². The Morgan fingerprint density at radius 2 is 1.94 bits per heavy atom. The Bertz CT molecular complexity index is 126. The second kappa shape index (κ2) is 11.4. The van der Waals surface area contributed by atoms with E-state index in [1.54, 1.807) is 0 Å². The van der Waals surface area contributed by atoms with Crippen LogP contribution < -0.4 is 5.32 Å². The zero-order valence-corrected chi connectivity index (χ0v) is 11.4. The molecule has 0 aliphatic heterocycles. The molecule has 0 saturated heterocycles. The van der Waals surface area contributed by atoms with Crippen molar-refractivity contribution >= 4 is 0 Å². The smallest absolute Gasteiger partial charge is 0.0780 e. The molecule has 0 spiro atoms. The number of hydrogen-bond acceptors (Lipinski definition) is 3. The molecule has 2 atom stereocenters. The second-order valence-corrected chi connectivity index (χ2v) is 4.34. The van der Waals surface area contributed by atoms with Gasteiger partial charge in [-0.05, 0) is 46.6 Å². The molecule has 0 aliphatic rings. The number of nitrogens with one attached hydrogen (secondary N) is 1. The van der Waals surface area contributed by atoms with Gasteiger partial charge in [-0.2, -0.15) is 0 Å². The lowest BCUT2D eigenvalue weighted by atomic mass is 10.2. The Kier molecular flexibility index (Phi) is 11.3. The molecule has 0 saturated carbocycles. The summed E-state index contributed by atoms with van der Waals surface area (Å²) < 4.78 is 10.9. The molecule has 0 fully saturated rings. The van der Waals surface area contributed by atoms with E-state index in [1.165, 1.54) is 12.8 Å². The monoisotopic (exact) mass is 231 g/mol. The molecule has 0 bridgehead atoms. The van der Waals surface area contributed by atoms with E-state index in [1.807, 2.05) is 6.92 Å². The molecule has 3 heteroatoms. The standard InChI is InChI=1S/C13H29NO2/c1-5-9-14-12(3)8-7-10-16-13(4)11-15-6-2/h12-14H,5-11H2,1-4H3. The van der Waals surface area contributed by atoms with Crippen molar-refractivity contribution in [1.29, 1.82) is 0 Å². The Morgan fingerprint density at radius 1 is 1.19 bits per heavy atom. The first kappa shape index (κ1) is 15.9. The van der Waals surface area contributed by atoms with Gasteiger partial charge < -0.3 is 14.8 Å². The van der Waals surface area contributed by atoms with E-state index in [0.717, 1.165) is 26.2 Å². The van der Waals surface area contributed by atoms with Gasteiger partial charge in [-0.3, -0.25) is 0 Å². The van der Waals surface area contributed by atoms with Crippen LogP contribution in [0.25, 0.3) is 0 Å². The maximum Gasteiger partial charge on any atom is 0.0780 e. The summed E-state index contributed by atoms with van der Waals surface area (Å²) in [7, 11) is 0. The van der Waals surface area contributed by atoms with Crippen molar-refractivity contribution in [3.05, 3.63) is 0 Å². The fraction of sp³-hybridized carbons (Fsp3) is 1.00. The SMILES string of the molecule is CCCNC(C)CCCOC(C)COCC. The highest BCUT2D eigenvalue weighted by atomic mass is 16.5. The van der Waals surface area contributed by atoms with E-state index in [2.05, 4.69) is 26.1 Å². The third-order valence-electron chi connectivity index (χ3n) is 2.48. The van der Waals surface area contributed by atoms with Crippen LogP contribution in [-0.2, 0) is 9.47 Å². The van der Waals surface area contributed by atoms with Gasteiger partial charge >= 0.3 is 0 Å². The summed E-state index contributed by atoms with van der Waals surface area (Å²) in [6.45, 7) is 11.9. The van der Waals surface area contributed by atoms with Gasteiger partial charge in [0.25, 0.3) is 0 Å². The van der Waals surface area contributed by atoms with Crippen molar-refractivity contribution in [2.24, 2.45) is 0 Å². The van der Waals surface area contributed by atoms with Crippen molar-refractivity contribution in [1.82, 2.24) is 5.32 Å². The third-order valence-corrected chi connectivity index (χ3v) is 2.48. The van der Waals surface area contributed by atoms with Crippen molar-refractivity contribution < 1.29 is 9.47 Å². The molecule has 0 radical (unpaired) electrons. The predicted molar refractivity (Wildman–Crippen MR) is 68.9 cm³/mol. The first-order valence-corrected chi connectivity index (χ1v) is 6.63. The molecule has 0 aromatic heterocycles. The molecular formula is C13H29NO2. The Balaban J connectivity index is 3.24. The quantitative estimate of drug-likeness (QED) is 0.554. The van der Waals surface area contributed by atoms with E-state index < -0.39 is 0 Å². The van der Waals surface area contributed by atoms with Gasteiger partial charge in [0.2, 0.25) is 0 Å². The van der Waals surface area contributed by atoms with E-state index in [0.29, 0.717) is 12.6 Å². The number of rotatable bonds is 11. The van der Waals surface area contributed by atoms with Crippen LogP contribution >= 0.6 is 0 Å². The normalized spacial score (nSPS) is 15.0. The van der Waals surface area contributed by atoms with Crippen LogP contribution in [-0.4, -0.2) is 38.5 Å². The van der Waals surface area contributed by atoms with Crippen molar-refractivity contribution in [2.75, 3.05) is 26.4 Å². The number of hydrogen-bond donors (Lipinski definition) is 1. The van der Waals surface area contributed by atoms with E-state index >= 15 is 0 Å². The van der Waals surface area contributed by atoms with Crippen LogP contribution in [0.3, 0.4) is 0 Å². The maximum absolute atomic E-state index is 5.65. The average Bonchev–Trinajstić information content (AvgIpc) is 2.29. The molecule has 0 aromatic carbocycles. The molecule has 0 aromatic rings. The van der Waals surface area contributed by atoms with Gasteiger partial charge in [-0.15, -0.1) is 0 Å². The van der Waals surface area contributed by atoms with Gasteiger partial charge in [0.15, 0.2) is 0 Å². The molecule has 16 heavy (non-hydrogen) atoms. The Labute approximate surface area is 101 Å². The zero-order chi connectivity index (χ0) is 12.2. The third kappa shape index (κ3) is 10.4. The van der Waals surface area contributed by atoms with Gasteiger partial charge in [0, 0.05) is 19.3 Å². The summed E-state index contributed by atoms with van der Waals surface area (Å²) in [5.41, 5.74) is 0.